The number of carboxylic acids is 1. The lowest BCUT2D eigenvalue weighted by atomic mass is 10.8. The summed E-state index contributed by atoms with van der Waals surface area (Å²) in [5.41, 5.74) is 0. The van der Waals surface area contributed by atoms with Crippen LogP contribution in [0.15, 0.2) is 0 Å². The lowest BCUT2D eigenvalue weighted by Gasteiger charge is -2.29. The van der Waals surface area contributed by atoms with Crippen LogP contribution in [0.1, 0.15) is 5.01 Å². The highest BCUT2D eigenvalue weighted by molar-refractivity contribution is 8.18. The predicted octanol–water partition coefficient (Wildman–Crippen LogP) is 0.566. The number of rotatable bonds is 5. The van der Waals surface area contributed by atoms with E-state index in [9.17, 15) is 4.79 Å². The van der Waals surface area contributed by atoms with E-state index in [1.165, 1.54) is 39.5 Å². The fourth-order valence-corrected chi connectivity index (χ4v) is 4.57. The molecule has 1 fully saturated rings. The third-order valence-electron chi connectivity index (χ3n) is 2.57. The molecule has 1 aliphatic rings. The third-order valence-corrected chi connectivity index (χ3v) is 5.79. The molecular weight excluding hydrogens is 348 g/mol. The molecule has 0 aliphatic carbocycles. The van der Waals surface area contributed by atoms with Gasteiger partial charge in [0, 0.05) is 7.05 Å². The second kappa shape index (κ2) is 6.26. The summed E-state index contributed by atoms with van der Waals surface area (Å²) >= 11 is 4.18. The molecule has 0 amide bonds. The van der Waals surface area contributed by atoms with Gasteiger partial charge in [-0.05, 0) is 17.4 Å². The van der Waals surface area contributed by atoms with E-state index in [2.05, 4.69) is 25.7 Å². The number of aliphatic carboxylic acids is 1. The Morgan fingerprint density at radius 2 is 2.27 bits per heavy atom. The Balaban J connectivity index is 1.90. The number of anilines is 2. The van der Waals surface area contributed by atoms with Crippen molar-refractivity contribution >= 4 is 51.9 Å². The molecule has 13 heteroatoms. The van der Waals surface area contributed by atoms with Gasteiger partial charge in [-0.25, -0.2) is 14.7 Å². The van der Waals surface area contributed by atoms with Crippen molar-refractivity contribution in [3.8, 4) is 0 Å². The Hall–Kier alpha value is -1.60. The van der Waals surface area contributed by atoms with Gasteiger partial charge >= 0.3 is 5.97 Å². The van der Waals surface area contributed by atoms with E-state index < -0.39 is 5.97 Å². The number of tetrazole rings is 1. The Bertz CT molecular complexity index is 675. The summed E-state index contributed by atoms with van der Waals surface area (Å²) in [4.78, 5) is 10.8. The molecule has 0 bridgehead atoms. The maximum absolute atomic E-state index is 10.8. The van der Waals surface area contributed by atoms with Gasteiger partial charge in [-0.1, -0.05) is 28.2 Å². The number of carbonyl (C=O) groups is 1. The van der Waals surface area contributed by atoms with Crippen molar-refractivity contribution in [2.24, 2.45) is 7.05 Å². The van der Waals surface area contributed by atoms with Gasteiger partial charge in [0.1, 0.15) is 15.6 Å². The zero-order chi connectivity index (χ0) is 15.7. The molecule has 1 atom stereocenters. The van der Waals surface area contributed by atoms with Crippen LogP contribution in [0.2, 0.25) is 0 Å². The summed E-state index contributed by atoms with van der Waals surface area (Å²) in [6.07, 6.45) is 0. The van der Waals surface area contributed by atoms with Crippen molar-refractivity contribution in [1.82, 2.24) is 30.4 Å². The average molecular weight is 359 g/mol. The van der Waals surface area contributed by atoms with Crippen LogP contribution in [-0.2, 0) is 11.8 Å². The molecule has 22 heavy (non-hydrogen) atoms. The second-order valence-electron chi connectivity index (χ2n) is 4.15. The van der Waals surface area contributed by atoms with Crippen molar-refractivity contribution in [2.75, 3.05) is 15.8 Å². The van der Waals surface area contributed by atoms with Crippen LogP contribution in [0.4, 0.5) is 11.1 Å². The van der Waals surface area contributed by atoms with Crippen LogP contribution in [0.3, 0.4) is 0 Å². The van der Waals surface area contributed by atoms with Gasteiger partial charge < -0.3 is 5.11 Å². The number of aryl methyl sites for hydroxylation is 2. The molecule has 2 aromatic rings. The number of hydrogen-bond acceptors (Lipinski definition) is 11. The molecule has 10 nitrogen and oxygen atoms in total. The highest BCUT2D eigenvalue weighted by Crippen LogP contribution is 2.43. The van der Waals surface area contributed by atoms with Crippen LogP contribution in [0.25, 0.3) is 0 Å². The van der Waals surface area contributed by atoms with Crippen LogP contribution < -0.4 is 10.0 Å². The maximum atomic E-state index is 10.8. The maximum Gasteiger partial charge on any atom is 0.313 e. The largest absolute Gasteiger partial charge is 0.481 e. The van der Waals surface area contributed by atoms with Gasteiger partial charge in [-0.15, -0.1) is 22.0 Å². The molecule has 117 valence electrons. The van der Waals surface area contributed by atoms with Gasteiger partial charge in [0.2, 0.25) is 5.13 Å². The first-order chi connectivity index (χ1) is 10.6. The van der Waals surface area contributed by atoms with E-state index in [1.807, 2.05) is 17.8 Å². The molecule has 3 heterocycles. The topological polar surface area (TPSA) is 113 Å². The molecule has 0 spiro atoms. The lowest BCUT2D eigenvalue weighted by molar-refractivity contribution is -0.133. The smallest absolute Gasteiger partial charge is 0.313 e. The zero-order valence-corrected chi connectivity index (χ0v) is 14.0. The standard InChI is InChI=1S/C9H11N8O2S3/c1-5-10-12-8(22-5)17-9(20-3-6(18)19)21-4-16(17)7-11-13-14-15(7)2/h4,9H,3H2,1-2H3,(H,18,19). The first kappa shape index (κ1) is 15.3. The van der Waals surface area contributed by atoms with E-state index in [0.29, 0.717) is 11.1 Å². The molecular formula is C9H11N8O2S3. The normalized spacial score (nSPS) is 18.2. The number of hydrazine groups is 1. The van der Waals surface area contributed by atoms with E-state index in [-0.39, 0.29) is 10.5 Å². The monoisotopic (exact) mass is 359 g/mol. The van der Waals surface area contributed by atoms with Crippen LogP contribution >= 0.6 is 34.9 Å². The molecule has 0 saturated carbocycles. The number of aromatic nitrogens is 6. The van der Waals surface area contributed by atoms with E-state index >= 15 is 0 Å². The van der Waals surface area contributed by atoms with Gasteiger partial charge in [0.25, 0.3) is 5.95 Å². The third kappa shape index (κ3) is 2.96. The van der Waals surface area contributed by atoms with E-state index in [4.69, 9.17) is 5.11 Å². The second-order valence-corrected chi connectivity index (χ2v) is 7.61. The summed E-state index contributed by atoms with van der Waals surface area (Å²) in [6.45, 7) is 1.86. The molecule has 2 aromatic heterocycles. The number of nitrogens with zero attached hydrogens (tertiary/aromatic N) is 8. The number of carboxylic acid groups (broad SMARTS) is 1. The van der Waals surface area contributed by atoms with Crippen LogP contribution in [0, 0.1) is 12.8 Å². The minimum absolute atomic E-state index is 0.00923. The van der Waals surface area contributed by atoms with Crippen LogP contribution in [0.5, 0.6) is 0 Å². The fourth-order valence-electron chi connectivity index (χ4n) is 1.70. The molecule has 1 aliphatic heterocycles. The first-order valence-corrected chi connectivity index (χ1v) is 8.80. The molecule has 1 radical (unpaired) electrons. The predicted molar refractivity (Wildman–Crippen MR) is 84.2 cm³/mol. The fraction of sp³-hybridized carbons (Fsp3) is 0.444. The highest BCUT2D eigenvalue weighted by Gasteiger charge is 2.38. The number of hydrogen-bond donors (Lipinski definition) is 1. The van der Waals surface area contributed by atoms with Gasteiger partial charge in [-0.2, -0.15) is 0 Å². The quantitative estimate of drug-likeness (QED) is 0.808. The Morgan fingerprint density at radius 1 is 1.45 bits per heavy atom. The van der Waals surface area contributed by atoms with Crippen molar-refractivity contribution in [3.63, 3.8) is 0 Å². The van der Waals surface area contributed by atoms with Crippen molar-refractivity contribution in [2.45, 2.75) is 11.6 Å². The summed E-state index contributed by atoms with van der Waals surface area (Å²) in [5.74, 6) is 1.48. The molecule has 0 aromatic carbocycles. The van der Waals surface area contributed by atoms with Crippen molar-refractivity contribution < 1.29 is 9.90 Å². The van der Waals surface area contributed by atoms with Crippen LogP contribution in [-0.4, -0.2) is 51.9 Å². The Labute approximate surface area is 137 Å². The van der Waals surface area contributed by atoms with Crippen molar-refractivity contribution in [1.29, 1.82) is 0 Å². The Kier molecular flexibility index (Phi) is 4.35. The van der Waals surface area contributed by atoms with Crippen molar-refractivity contribution in [3.05, 3.63) is 10.9 Å². The highest BCUT2D eigenvalue weighted by atomic mass is 32.2. The molecule has 3 rings (SSSR count). The molecule has 1 N–H and O–H groups in total. The minimum Gasteiger partial charge on any atom is -0.481 e. The van der Waals surface area contributed by atoms with Gasteiger partial charge in [-0.3, -0.25) is 4.79 Å². The zero-order valence-electron chi connectivity index (χ0n) is 11.5. The number of thioether (sulfide) groups is 2. The molecule has 1 unspecified atom stereocenters. The molecule has 1 saturated heterocycles. The van der Waals surface area contributed by atoms with Gasteiger partial charge in [0.15, 0.2) is 0 Å². The van der Waals surface area contributed by atoms with E-state index in [0.717, 1.165) is 5.01 Å². The minimum atomic E-state index is -0.863. The SMILES string of the molecule is Cc1nnc(N2C(SCC(=O)O)S[CH]N2c2nnnn2C)s1. The van der Waals surface area contributed by atoms with E-state index in [1.54, 1.807) is 12.1 Å². The Morgan fingerprint density at radius 3 is 2.86 bits per heavy atom. The summed E-state index contributed by atoms with van der Waals surface area (Å²) in [7, 11) is 1.73. The lowest BCUT2D eigenvalue weighted by Crippen LogP contribution is -2.40. The average Bonchev–Trinajstić information content (AvgIpc) is 3.15. The van der Waals surface area contributed by atoms with Gasteiger partial charge in [0.05, 0.1) is 5.75 Å². The summed E-state index contributed by atoms with van der Waals surface area (Å²) in [5, 5.41) is 33.6. The first-order valence-electron chi connectivity index (χ1n) is 5.99. The summed E-state index contributed by atoms with van der Waals surface area (Å²) < 4.78 is 1.35. The summed E-state index contributed by atoms with van der Waals surface area (Å²) in [6, 6.07) is 0.